The fraction of sp³-hybridized carbons (Fsp3) is 0.429. The summed E-state index contributed by atoms with van der Waals surface area (Å²) in [5, 5.41) is 19.9. The van der Waals surface area contributed by atoms with E-state index in [1.807, 2.05) is 13.8 Å². The van der Waals surface area contributed by atoms with Crippen LogP contribution in [0, 0.1) is 0 Å². The molecule has 4 nitrogen and oxygen atoms in total. The van der Waals surface area contributed by atoms with Crippen molar-refractivity contribution in [3.05, 3.63) is 28.3 Å². The maximum Gasteiger partial charge on any atom is 0.195 e. The molecule has 2 rings (SSSR count). The molecule has 0 aliphatic heterocycles. The number of Topliss-reactive ketones (excluding diaryl/α,β-unsaturated/α-hetero) is 1. The number of carbonyl (C=O) groups excluding carboxylic acids is 2. The molecule has 0 amide bonds. The zero-order valence-electron chi connectivity index (χ0n) is 10.7. The minimum Gasteiger partial charge on any atom is -0.507 e. The fourth-order valence-corrected chi connectivity index (χ4v) is 2.53. The molecular weight excluding hydrogens is 232 g/mol. The molecule has 0 saturated carbocycles. The van der Waals surface area contributed by atoms with Crippen LogP contribution in [-0.2, 0) is 6.42 Å². The van der Waals surface area contributed by atoms with E-state index in [1.54, 1.807) is 0 Å². The SMILES string of the molecule is CC(C)c1cc(O)c(C=O)c2c1C[C@](C)(O)C2=O. The second-order valence-electron chi connectivity index (χ2n) is 5.30. The summed E-state index contributed by atoms with van der Waals surface area (Å²) in [7, 11) is 0. The molecule has 2 N–H and O–H groups in total. The van der Waals surface area contributed by atoms with E-state index in [2.05, 4.69) is 0 Å². The predicted octanol–water partition coefficient (Wildman–Crippen LogP) is 1.82. The first-order valence-corrected chi connectivity index (χ1v) is 5.90. The highest BCUT2D eigenvalue weighted by Crippen LogP contribution is 2.40. The first-order valence-electron chi connectivity index (χ1n) is 5.90. The van der Waals surface area contributed by atoms with Crippen LogP contribution in [0.1, 0.15) is 58.5 Å². The Morgan fingerprint density at radius 1 is 1.44 bits per heavy atom. The number of ketones is 1. The molecule has 0 heterocycles. The van der Waals surface area contributed by atoms with Crippen molar-refractivity contribution in [3.8, 4) is 5.75 Å². The number of aliphatic hydroxyl groups is 1. The molecule has 18 heavy (non-hydrogen) atoms. The number of benzene rings is 1. The normalized spacial score (nSPS) is 22.4. The van der Waals surface area contributed by atoms with E-state index in [0.29, 0.717) is 11.8 Å². The van der Waals surface area contributed by atoms with E-state index in [0.717, 1.165) is 5.56 Å². The topological polar surface area (TPSA) is 74.6 Å². The van der Waals surface area contributed by atoms with Crippen LogP contribution in [0.15, 0.2) is 6.07 Å². The second-order valence-corrected chi connectivity index (χ2v) is 5.30. The highest BCUT2D eigenvalue weighted by Gasteiger charge is 2.43. The van der Waals surface area contributed by atoms with E-state index < -0.39 is 11.4 Å². The van der Waals surface area contributed by atoms with Crippen molar-refractivity contribution in [2.75, 3.05) is 0 Å². The van der Waals surface area contributed by atoms with Crippen molar-refractivity contribution in [2.45, 2.75) is 38.7 Å². The summed E-state index contributed by atoms with van der Waals surface area (Å²) in [5.74, 6) is -0.581. The van der Waals surface area contributed by atoms with Gasteiger partial charge >= 0.3 is 0 Å². The first-order chi connectivity index (χ1) is 8.29. The van der Waals surface area contributed by atoms with E-state index in [1.165, 1.54) is 13.0 Å². The van der Waals surface area contributed by atoms with Gasteiger partial charge in [0.2, 0.25) is 0 Å². The highest BCUT2D eigenvalue weighted by molar-refractivity contribution is 6.12. The van der Waals surface area contributed by atoms with Gasteiger partial charge in [-0.3, -0.25) is 9.59 Å². The molecule has 0 saturated heterocycles. The van der Waals surface area contributed by atoms with Crippen LogP contribution >= 0.6 is 0 Å². The largest absolute Gasteiger partial charge is 0.507 e. The van der Waals surface area contributed by atoms with Crippen LogP contribution in [0.5, 0.6) is 5.75 Å². The van der Waals surface area contributed by atoms with Gasteiger partial charge in [-0.25, -0.2) is 0 Å². The number of phenols is 1. The Morgan fingerprint density at radius 3 is 2.56 bits per heavy atom. The maximum atomic E-state index is 12.1. The standard InChI is InChI=1S/C14H16O4/c1-7(2)8-4-11(16)10(6-15)12-9(8)5-14(3,18)13(12)17/h4,6-7,16,18H,5H2,1-3H3/t14-/m0/s1. The number of rotatable bonds is 2. The lowest BCUT2D eigenvalue weighted by Crippen LogP contribution is -2.31. The summed E-state index contributed by atoms with van der Waals surface area (Å²) in [4.78, 5) is 23.1. The Balaban J connectivity index is 2.80. The molecule has 4 heteroatoms. The number of hydrogen-bond donors (Lipinski definition) is 2. The highest BCUT2D eigenvalue weighted by atomic mass is 16.3. The average Bonchev–Trinajstić information content (AvgIpc) is 2.50. The molecule has 0 radical (unpaired) electrons. The zero-order valence-corrected chi connectivity index (χ0v) is 10.7. The van der Waals surface area contributed by atoms with Crippen LogP contribution in [-0.4, -0.2) is 27.9 Å². The molecule has 1 atom stereocenters. The van der Waals surface area contributed by atoms with Gasteiger partial charge in [0.05, 0.1) is 5.56 Å². The van der Waals surface area contributed by atoms with Gasteiger partial charge in [-0.2, -0.15) is 0 Å². The third-order valence-corrected chi connectivity index (χ3v) is 3.46. The summed E-state index contributed by atoms with van der Waals surface area (Å²) in [5.41, 5.74) is 0.160. The van der Waals surface area contributed by atoms with E-state index in [-0.39, 0.29) is 29.2 Å². The molecule has 1 aliphatic carbocycles. The fourth-order valence-electron chi connectivity index (χ4n) is 2.53. The molecule has 0 unspecified atom stereocenters. The molecule has 96 valence electrons. The summed E-state index contributed by atoms with van der Waals surface area (Å²) < 4.78 is 0. The van der Waals surface area contributed by atoms with Crippen LogP contribution < -0.4 is 0 Å². The molecule has 1 aromatic carbocycles. The number of fused-ring (bicyclic) bond motifs is 1. The maximum absolute atomic E-state index is 12.1. The van der Waals surface area contributed by atoms with Gasteiger partial charge in [-0.05, 0) is 30.0 Å². The lowest BCUT2D eigenvalue weighted by molar-refractivity contribution is 0.0460. The monoisotopic (exact) mass is 248 g/mol. The lowest BCUT2D eigenvalue weighted by atomic mass is 9.91. The summed E-state index contributed by atoms with van der Waals surface area (Å²) in [6.07, 6.45) is 0.660. The number of aldehydes is 1. The lowest BCUT2D eigenvalue weighted by Gasteiger charge is -2.14. The van der Waals surface area contributed by atoms with Crippen molar-refractivity contribution in [2.24, 2.45) is 0 Å². The van der Waals surface area contributed by atoms with Crippen molar-refractivity contribution in [1.82, 2.24) is 0 Å². The van der Waals surface area contributed by atoms with Crippen LogP contribution in [0.25, 0.3) is 0 Å². The number of aromatic hydroxyl groups is 1. The molecule has 1 aromatic rings. The van der Waals surface area contributed by atoms with E-state index in [4.69, 9.17) is 0 Å². The Labute approximate surface area is 105 Å². The van der Waals surface area contributed by atoms with Gasteiger partial charge in [-0.15, -0.1) is 0 Å². The number of carbonyl (C=O) groups is 2. The minimum atomic E-state index is -1.49. The van der Waals surface area contributed by atoms with Gasteiger partial charge in [0.25, 0.3) is 0 Å². The van der Waals surface area contributed by atoms with Gasteiger partial charge in [0, 0.05) is 12.0 Å². The summed E-state index contributed by atoms with van der Waals surface area (Å²) in [6.45, 7) is 5.31. The van der Waals surface area contributed by atoms with Crippen LogP contribution in [0.3, 0.4) is 0 Å². The third-order valence-electron chi connectivity index (χ3n) is 3.46. The Kier molecular flexibility index (Phi) is 2.78. The molecule has 1 aliphatic rings. The van der Waals surface area contributed by atoms with Gasteiger partial charge in [0.1, 0.15) is 11.4 Å². The number of phenolic OH excluding ortho intramolecular Hbond substituents is 1. The van der Waals surface area contributed by atoms with Gasteiger partial charge in [0.15, 0.2) is 12.1 Å². The zero-order chi connectivity index (χ0) is 13.7. The first kappa shape index (κ1) is 12.8. The van der Waals surface area contributed by atoms with E-state index in [9.17, 15) is 19.8 Å². The Hall–Kier alpha value is -1.68. The van der Waals surface area contributed by atoms with Gasteiger partial charge < -0.3 is 10.2 Å². The molecule has 0 aromatic heterocycles. The predicted molar refractivity (Wildman–Crippen MR) is 66.2 cm³/mol. The Morgan fingerprint density at radius 2 is 2.06 bits per heavy atom. The summed E-state index contributed by atoms with van der Waals surface area (Å²) in [6, 6.07) is 1.52. The van der Waals surface area contributed by atoms with E-state index >= 15 is 0 Å². The van der Waals surface area contributed by atoms with Crippen molar-refractivity contribution < 1.29 is 19.8 Å². The quantitative estimate of drug-likeness (QED) is 0.783. The summed E-state index contributed by atoms with van der Waals surface area (Å²) >= 11 is 0. The molecule has 0 spiro atoms. The minimum absolute atomic E-state index is 0.0165. The average molecular weight is 248 g/mol. The third kappa shape index (κ3) is 1.64. The van der Waals surface area contributed by atoms with Crippen molar-refractivity contribution in [3.63, 3.8) is 0 Å². The molecule has 0 fully saturated rings. The molecular formula is C14H16O4. The van der Waals surface area contributed by atoms with Gasteiger partial charge in [-0.1, -0.05) is 13.8 Å². The van der Waals surface area contributed by atoms with Crippen molar-refractivity contribution >= 4 is 12.1 Å². The van der Waals surface area contributed by atoms with Crippen LogP contribution in [0.4, 0.5) is 0 Å². The molecule has 0 bridgehead atoms. The van der Waals surface area contributed by atoms with Crippen LogP contribution in [0.2, 0.25) is 0 Å². The second kappa shape index (κ2) is 3.92. The number of hydrogen-bond acceptors (Lipinski definition) is 4. The Bertz CT molecular complexity index is 541. The van der Waals surface area contributed by atoms with Crippen molar-refractivity contribution in [1.29, 1.82) is 0 Å². The smallest absolute Gasteiger partial charge is 0.195 e.